The van der Waals surface area contributed by atoms with Crippen molar-refractivity contribution in [1.29, 1.82) is 0 Å². The van der Waals surface area contributed by atoms with Crippen molar-refractivity contribution in [2.75, 3.05) is 0 Å². The fourth-order valence-electron chi connectivity index (χ4n) is 1.27. The molecule has 0 aliphatic heterocycles. The van der Waals surface area contributed by atoms with Crippen LogP contribution in [0.4, 0.5) is 4.39 Å². The van der Waals surface area contributed by atoms with Gasteiger partial charge in [-0.2, -0.15) is 0 Å². The van der Waals surface area contributed by atoms with Crippen LogP contribution in [0.1, 0.15) is 31.4 Å². The Kier molecular flexibility index (Phi) is 6.09. The lowest BCUT2D eigenvalue weighted by molar-refractivity contribution is 0.616. The normalized spacial score (nSPS) is 12.0. The first kappa shape index (κ1) is 13.7. The second-order valence-electron chi connectivity index (χ2n) is 3.06. The summed E-state index contributed by atoms with van der Waals surface area (Å²) in [5.41, 5.74) is 6.67. The van der Waals surface area contributed by atoms with E-state index in [2.05, 4.69) is 6.92 Å². The van der Waals surface area contributed by atoms with Crippen LogP contribution in [0.2, 0.25) is 5.02 Å². The van der Waals surface area contributed by atoms with Gasteiger partial charge in [0.05, 0.1) is 0 Å². The van der Waals surface area contributed by atoms with Gasteiger partial charge < -0.3 is 5.73 Å². The van der Waals surface area contributed by atoms with Crippen LogP contribution >= 0.6 is 24.0 Å². The van der Waals surface area contributed by atoms with Gasteiger partial charge in [-0.05, 0) is 24.1 Å². The molecule has 4 heteroatoms. The molecule has 0 aliphatic carbocycles. The van der Waals surface area contributed by atoms with Crippen LogP contribution in [0.3, 0.4) is 0 Å². The number of benzene rings is 1. The van der Waals surface area contributed by atoms with E-state index < -0.39 is 0 Å². The maximum absolute atomic E-state index is 12.7. The topological polar surface area (TPSA) is 26.0 Å². The van der Waals surface area contributed by atoms with Crippen molar-refractivity contribution in [3.05, 3.63) is 34.6 Å². The highest BCUT2D eigenvalue weighted by Gasteiger charge is 2.09. The predicted molar refractivity (Wildman–Crippen MR) is 60.5 cm³/mol. The molecule has 0 spiro atoms. The van der Waals surface area contributed by atoms with Gasteiger partial charge in [0.15, 0.2) is 0 Å². The molecule has 1 nitrogen and oxygen atoms in total. The van der Waals surface area contributed by atoms with Crippen molar-refractivity contribution < 1.29 is 4.39 Å². The van der Waals surface area contributed by atoms with Crippen LogP contribution in [0.5, 0.6) is 0 Å². The fraction of sp³-hybridized carbons (Fsp3) is 0.400. The zero-order valence-corrected chi connectivity index (χ0v) is 9.54. The van der Waals surface area contributed by atoms with E-state index in [1.165, 1.54) is 12.1 Å². The molecule has 2 N–H and O–H groups in total. The first-order chi connectivity index (χ1) is 6.15. The third-order valence-electron chi connectivity index (χ3n) is 1.96. The van der Waals surface area contributed by atoms with Crippen molar-refractivity contribution in [1.82, 2.24) is 0 Å². The molecule has 0 radical (unpaired) electrons. The smallest absolute Gasteiger partial charge is 0.124 e. The molecule has 1 aromatic rings. The summed E-state index contributed by atoms with van der Waals surface area (Å²) in [5.74, 6) is -0.322. The summed E-state index contributed by atoms with van der Waals surface area (Å²) < 4.78 is 12.7. The molecular weight excluding hydrogens is 224 g/mol. The van der Waals surface area contributed by atoms with Crippen molar-refractivity contribution in [3.63, 3.8) is 0 Å². The standard InChI is InChI=1S/C10H13ClFN.ClH/c1-2-3-10(13)8-5-4-7(12)6-9(8)11;/h4-6,10H,2-3,13H2,1H3;1H/t10-;/m0./s1. The first-order valence-corrected chi connectivity index (χ1v) is 4.73. The maximum atomic E-state index is 12.7. The number of hydrogen-bond donors (Lipinski definition) is 1. The number of nitrogens with two attached hydrogens (primary N) is 1. The van der Waals surface area contributed by atoms with Gasteiger partial charge in [-0.3, -0.25) is 0 Å². The van der Waals surface area contributed by atoms with Crippen LogP contribution in [0.25, 0.3) is 0 Å². The zero-order chi connectivity index (χ0) is 9.84. The van der Waals surface area contributed by atoms with E-state index in [-0.39, 0.29) is 24.3 Å². The van der Waals surface area contributed by atoms with Gasteiger partial charge >= 0.3 is 0 Å². The Morgan fingerprint density at radius 1 is 1.50 bits per heavy atom. The maximum Gasteiger partial charge on any atom is 0.124 e. The molecule has 14 heavy (non-hydrogen) atoms. The first-order valence-electron chi connectivity index (χ1n) is 4.35. The highest BCUT2D eigenvalue weighted by Crippen LogP contribution is 2.24. The monoisotopic (exact) mass is 237 g/mol. The SMILES string of the molecule is CCC[C@H](N)c1ccc(F)cc1Cl.Cl. The molecule has 0 saturated heterocycles. The average molecular weight is 238 g/mol. The van der Waals surface area contributed by atoms with Gasteiger partial charge in [-0.1, -0.05) is 31.0 Å². The van der Waals surface area contributed by atoms with Gasteiger partial charge in [-0.15, -0.1) is 12.4 Å². The van der Waals surface area contributed by atoms with Gasteiger partial charge in [-0.25, -0.2) is 4.39 Å². The fourth-order valence-corrected chi connectivity index (χ4v) is 1.58. The Morgan fingerprint density at radius 3 is 2.64 bits per heavy atom. The van der Waals surface area contributed by atoms with Gasteiger partial charge in [0.1, 0.15) is 5.82 Å². The summed E-state index contributed by atoms with van der Waals surface area (Å²) in [6.07, 6.45) is 1.86. The summed E-state index contributed by atoms with van der Waals surface area (Å²) in [7, 11) is 0. The van der Waals surface area contributed by atoms with Crippen molar-refractivity contribution in [2.24, 2.45) is 5.73 Å². The molecule has 80 valence electrons. The Bertz CT molecular complexity index is 291. The summed E-state index contributed by atoms with van der Waals surface area (Å²) in [5, 5.41) is 0.418. The lowest BCUT2D eigenvalue weighted by Crippen LogP contribution is -2.10. The van der Waals surface area contributed by atoms with E-state index in [1.54, 1.807) is 6.07 Å². The quantitative estimate of drug-likeness (QED) is 0.853. The molecule has 0 saturated carbocycles. The van der Waals surface area contributed by atoms with E-state index in [9.17, 15) is 4.39 Å². The highest BCUT2D eigenvalue weighted by molar-refractivity contribution is 6.31. The Labute approximate surface area is 94.9 Å². The second-order valence-corrected chi connectivity index (χ2v) is 3.47. The molecule has 0 amide bonds. The minimum atomic E-state index is -0.322. The minimum Gasteiger partial charge on any atom is -0.324 e. The third kappa shape index (κ3) is 3.45. The minimum absolute atomic E-state index is 0. The van der Waals surface area contributed by atoms with E-state index in [0.717, 1.165) is 18.4 Å². The van der Waals surface area contributed by atoms with E-state index in [1.807, 2.05) is 0 Å². The van der Waals surface area contributed by atoms with Crippen LogP contribution in [-0.4, -0.2) is 0 Å². The molecule has 0 fully saturated rings. The van der Waals surface area contributed by atoms with Gasteiger partial charge in [0.2, 0.25) is 0 Å². The highest BCUT2D eigenvalue weighted by atomic mass is 35.5. The van der Waals surface area contributed by atoms with E-state index >= 15 is 0 Å². The van der Waals surface area contributed by atoms with E-state index in [0.29, 0.717) is 5.02 Å². The van der Waals surface area contributed by atoms with Crippen LogP contribution in [0, 0.1) is 5.82 Å². The summed E-state index contributed by atoms with van der Waals surface area (Å²) in [6, 6.07) is 4.25. The van der Waals surface area contributed by atoms with Crippen LogP contribution in [0.15, 0.2) is 18.2 Å². The largest absolute Gasteiger partial charge is 0.324 e. The number of halogens is 3. The second kappa shape index (κ2) is 6.23. The Hall–Kier alpha value is -0.310. The lowest BCUT2D eigenvalue weighted by Gasteiger charge is -2.12. The number of hydrogen-bond acceptors (Lipinski definition) is 1. The Balaban J connectivity index is 0.00000169. The molecule has 0 unspecified atom stereocenters. The van der Waals surface area contributed by atoms with Crippen molar-refractivity contribution in [2.45, 2.75) is 25.8 Å². The summed E-state index contributed by atoms with van der Waals surface area (Å²) >= 11 is 5.84. The molecule has 0 bridgehead atoms. The molecule has 1 aromatic carbocycles. The van der Waals surface area contributed by atoms with Crippen LogP contribution in [-0.2, 0) is 0 Å². The zero-order valence-electron chi connectivity index (χ0n) is 7.97. The molecular formula is C10H14Cl2FN. The molecule has 1 atom stereocenters. The molecule has 0 aliphatic rings. The van der Waals surface area contributed by atoms with Crippen LogP contribution < -0.4 is 5.73 Å². The average Bonchev–Trinajstić information content (AvgIpc) is 2.04. The molecule has 0 aromatic heterocycles. The predicted octanol–water partition coefficient (Wildman–Crippen LogP) is 3.70. The summed E-state index contributed by atoms with van der Waals surface area (Å²) in [4.78, 5) is 0. The van der Waals surface area contributed by atoms with E-state index in [4.69, 9.17) is 17.3 Å². The molecule has 1 rings (SSSR count). The Morgan fingerprint density at radius 2 is 2.14 bits per heavy atom. The third-order valence-corrected chi connectivity index (χ3v) is 2.29. The van der Waals surface area contributed by atoms with Crippen molar-refractivity contribution >= 4 is 24.0 Å². The van der Waals surface area contributed by atoms with Gasteiger partial charge in [0.25, 0.3) is 0 Å². The summed E-state index contributed by atoms with van der Waals surface area (Å²) in [6.45, 7) is 2.05. The van der Waals surface area contributed by atoms with Gasteiger partial charge in [0, 0.05) is 11.1 Å². The molecule has 0 heterocycles. The van der Waals surface area contributed by atoms with Crippen molar-refractivity contribution in [3.8, 4) is 0 Å². The lowest BCUT2D eigenvalue weighted by atomic mass is 10.0. The number of rotatable bonds is 3.